The number of hydrogen-bond acceptors (Lipinski definition) is 7. The van der Waals surface area contributed by atoms with E-state index in [1.807, 2.05) is 78.3 Å². The number of unbranched alkanes of at least 4 members (excludes halogenated alkanes) is 1. The molecule has 0 bridgehead atoms. The zero-order valence-corrected chi connectivity index (χ0v) is 22.4. The molecule has 8 heteroatoms. The normalized spacial score (nSPS) is 12.1. The minimum atomic E-state index is -0.641. The van der Waals surface area contributed by atoms with Crippen molar-refractivity contribution in [3.05, 3.63) is 90.0 Å². The van der Waals surface area contributed by atoms with Gasteiger partial charge in [-0.15, -0.1) is 0 Å². The Morgan fingerprint density at radius 1 is 1.00 bits per heavy atom. The van der Waals surface area contributed by atoms with Crippen molar-refractivity contribution in [3.8, 4) is 23.1 Å². The maximum Gasteiger partial charge on any atom is 0.227 e. The Morgan fingerprint density at radius 3 is 2.45 bits per heavy atom. The number of furan rings is 1. The van der Waals surface area contributed by atoms with E-state index in [-0.39, 0.29) is 6.61 Å². The second-order valence-electron chi connectivity index (χ2n) is 9.23. The van der Waals surface area contributed by atoms with Crippen LogP contribution in [-0.2, 0) is 17.8 Å². The number of benzene rings is 2. The minimum Gasteiger partial charge on any atom is -0.497 e. The van der Waals surface area contributed by atoms with Crippen LogP contribution in [0.5, 0.6) is 17.4 Å². The number of methoxy groups -OCH3 is 1. The Bertz CT molecular complexity index is 1220. The van der Waals surface area contributed by atoms with Crippen LogP contribution in [0, 0.1) is 6.92 Å². The van der Waals surface area contributed by atoms with Crippen LogP contribution in [-0.4, -0.2) is 52.8 Å². The van der Waals surface area contributed by atoms with E-state index in [1.165, 1.54) is 0 Å². The summed E-state index contributed by atoms with van der Waals surface area (Å²) in [5, 5.41) is 15.6. The van der Waals surface area contributed by atoms with Crippen molar-refractivity contribution in [3.63, 3.8) is 0 Å². The highest BCUT2D eigenvalue weighted by molar-refractivity contribution is 5.44. The number of aliphatic hydroxyl groups is 1. The van der Waals surface area contributed by atoms with Gasteiger partial charge in [0, 0.05) is 19.7 Å². The number of aromatic nitrogens is 2. The summed E-state index contributed by atoms with van der Waals surface area (Å²) in [5.41, 5.74) is 2.66. The van der Waals surface area contributed by atoms with Crippen LogP contribution in [0.25, 0.3) is 5.69 Å². The lowest BCUT2D eigenvalue weighted by Gasteiger charge is -2.24. The zero-order chi connectivity index (χ0) is 26.7. The van der Waals surface area contributed by atoms with E-state index in [0.717, 1.165) is 41.3 Å². The molecule has 0 saturated heterocycles. The summed E-state index contributed by atoms with van der Waals surface area (Å²) in [6, 6.07) is 21.2. The molecule has 2 heterocycles. The van der Waals surface area contributed by atoms with Gasteiger partial charge in [-0.3, -0.25) is 4.90 Å². The average Bonchev–Trinajstić information content (AvgIpc) is 3.56. The van der Waals surface area contributed by atoms with Crippen molar-refractivity contribution in [2.45, 2.75) is 45.9 Å². The van der Waals surface area contributed by atoms with E-state index in [4.69, 9.17) is 23.7 Å². The van der Waals surface area contributed by atoms with E-state index in [1.54, 1.807) is 13.4 Å². The topological polar surface area (TPSA) is 82.1 Å². The number of rotatable bonds is 15. The third kappa shape index (κ3) is 7.47. The van der Waals surface area contributed by atoms with E-state index in [9.17, 15) is 5.11 Å². The van der Waals surface area contributed by atoms with Gasteiger partial charge < -0.3 is 23.7 Å². The molecule has 38 heavy (non-hydrogen) atoms. The summed E-state index contributed by atoms with van der Waals surface area (Å²) in [6.45, 7) is 6.46. The van der Waals surface area contributed by atoms with Crippen LogP contribution < -0.4 is 9.47 Å². The lowest BCUT2D eigenvalue weighted by Crippen LogP contribution is -2.34. The first-order valence-corrected chi connectivity index (χ1v) is 13.0. The van der Waals surface area contributed by atoms with E-state index in [2.05, 4.69) is 11.8 Å². The molecule has 0 amide bonds. The van der Waals surface area contributed by atoms with Crippen LogP contribution in [0.4, 0.5) is 0 Å². The molecule has 4 aromatic rings. The molecule has 1 atom stereocenters. The van der Waals surface area contributed by atoms with Gasteiger partial charge in [-0.25, -0.2) is 4.68 Å². The van der Waals surface area contributed by atoms with Crippen molar-refractivity contribution in [1.29, 1.82) is 0 Å². The van der Waals surface area contributed by atoms with Crippen molar-refractivity contribution >= 4 is 0 Å². The van der Waals surface area contributed by atoms with E-state index in [0.29, 0.717) is 37.9 Å². The molecule has 4 rings (SSSR count). The molecule has 0 saturated carbocycles. The highest BCUT2D eigenvalue weighted by Crippen LogP contribution is 2.32. The van der Waals surface area contributed by atoms with Crippen LogP contribution in [0.1, 0.15) is 36.8 Å². The smallest absolute Gasteiger partial charge is 0.227 e. The van der Waals surface area contributed by atoms with Gasteiger partial charge in [0.2, 0.25) is 5.88 Å². The number of aliphatic hydroxyl groups excluding tert-OH is 1. The lowest BCUT2D eigenvalue weighted by molar-refractivity contribution is 0.0116. The molecule has 2 aromatic heterocycles. The summed E-state index contributed by atoms with van der Waals surface area (Å²) in [5.74, 6) is 2.86. The molecule has 0 fully saturated rings. The predicted octanol–water partition coefficient (Wildman–Crippen LogP) is 5.75. The van der Waals surface area contributed by atoms with Crippen LogP contribution in [0.2, 0.25) is 0 Å². The van der Waals surface area contributed by atoms with Gasteiger partial charge in [0.25, 0.3) is 0 Å². The summed E-state index contributed by atoms with van der Waals surface area (Å²) in [6.07, 6.45) is 3.06. The summed E-state index contributed by atoms with van der Waals surface area (Å²) >= 11 is 0. The number of aryl methyl sites for hydroxylation is 1. The largest absolute Gasteiger partial charge is 0.497 e. The van der Waals surface area contributed by atoms with Gasteiger partial charge in [-0.2, -0.15) is 5.10 Å². The first kappa shape index (κ1) is 27.4. The molecule has 8 nitrogen and oxygen atoms in total. The molecule has 0 spiro atoms. The monoisotopic (exact) mass is 519 g/mol. The fourth-order valence-corrected chi connectivity index (χ4v) is 4.17. The summed E-state index contributed by atoms with van der Waals surface area (Å²) < 4.78 is 24.9. The number of ether oxygens (including phenoxy) is 3. The van der Waals surface area contributed by atoms with Gasteiger partial charge in [-0.05, 0) is 61.9 Å². The first-order valence-electron chi connectivity index (χ1n) is 13.0. The maximum absolute atomic E-state index is 10.8. The van der Waals surface area contributed by atoms with Crippen molar-refractivity contribution < 1.29 is 23.7 Å². The van der Waals surface area contributed by atoms with Gasteiger partial charge in [0.05, 0.1) is 49.6 Å². The van der Waals surface area contributed by atoms with Crippen molar-refractivity contribution in [2.75, 3.05) is 26.9 Å². The van der Waals surface area contributed by atoms with E-state index >= 15 is 0 Å². The minimum absolute atomic E-state index is 0.284. The standard InChI is InChI=1S/C30H37N3O5/c1-4-5-17-36-22-25(34)19-32(20-28-12-9-18-37-28)21-29-23(2)31-33(24-10-7-6-8-11-24)30(29)38-27-15-13-26(35-3)14-16-27/h6-16,18,25,34H,4-5,17,19-22H2,1-3H3/t25-/m1/s1. The Kier molecular flexibility index (Phi) is 9.97. The Morgan fingerprint density at radius 2 is 1.76 bits per heavy atom. The second kappa shape index (κ2) is 13.8. The Balaban J connectivity index is 1.63. The summed E-state index contributed by atoms with van der Waals surface area (Å²) in [7, 11) is 1.64. The third-order valence-electron chi connectivity index (χ3n) is 6.17. The van der Waals surface area contributed by atoms with Crippen LogP contribution in [0.3, 0.4) is 0 Å². The second-order valence-corrected chi connectivity index (χ2v) is 9.23. The van der Waals surface area contributed by atoms with Crippen LogP contribution >= 0.6 is 0 Å². The molecule has 0 aliphatic rings. The molecular weight excluding hydrogens is 482 g/mol. The highest BCUT2D eigenvalue weighted by atomic mass is 16.5. The molecule has 1 N–H and O–H groups in total. The SMILES string of the molecule is CCCCOC[C@H](O)CN(Cc1ccco1)Cc1c(C)nn(-c2ccccc2)c1Oc1ccc(OC)cc1. The molecule has 0 aliphatic carbocycles. The third-order valence-corrected chi connectivity index (χ3v) is 6.17. The van der Waals surface area contributed by atoms with Gasteiger partial charge >= 0.3 is 0 Å². The van der Waals surface area contributed by atoms with Gasteiger partial charge in [-0.1, -0.05) is 31.5 Å². The molecule has 202 valence electrons. The first-order chi connectivity index (χ1) is 18.6. The number of para-hydroxylation sites is 1. The number of hydrogen-bond donors (Lipinski definition) is 1. The van der Waals surface area contributed by atoms with Gasteiger partial charge in [0.1, 0.15) is 17.3 Å². The van der Waals surface area contributed by atoms with Crippen molar-refractivity contribution in [1.82, 2.24) is 14.7 Å². The predicted molar refractivity (Wildman–Crippen MR) is 146 cm³/mol. The fraction of sp³-hybridized carbons (Fsp3) is 0.367. The molecule has 0 radical (unpaired) electrons. The van der Waals surface area contributed by atoms with Crippen LogP contribution in [0.15, 0.2) is 77.4 Å². The average molecular weight is 520 g/mol. The molecule has 0 unspecified atom stereocenters. The molecular formula is C30H37N3O5. The van der Waals surface area contributed by atoms with Gasteiger partial charge in [0.15, 0.2) is 0 Å². The van der Waals surface area contributed by atoms with Crippen molar-refractivity contribution in [2.24, 2.45) is 0 Å². The van der Waals surface area contributed by atoms with E-state index < -0.39 is 6.10 Å². The molecule has 2 aromatic carbocycles. The quantitative estimate of drug-likeness (QED) is 0.200. The Hall–Kier alpha value is -3.59. The Labute approximate surface area is 224 Å². The zero-order valence-electron chi connectivity index (χ0n) is 22.4. The fourth-order valence-electron chi connectivity index (χ4n) is 4.17. The maximum atomic E-state index is 10.8. The lowest BCUT2D eigenvalue weighted by atomic mass is 10.2. The summed E-state index contributed by atoms with van der Waals surface area (Å²) in [4.78, 5) is 2.13. The highest BCUT2D eigenvalue weighted by Gasteiger charge is 2.23. The number of nitrogens with zero attached hydrogens (tertiary/aromatic N) is 3. The molecule has 0 aliphatic heterocycles.